The molecule has 0 atom stereocenters. The average Bonchev–Trinajstić information content (AvgIpc) is 3.19. The summed E-state index contributed by atoms with van der Waals surface area (Å²) >= 11 is 0. The Balaban J connectivity index is 1.57. The van der Waals surface area contributed by atoms with E-state index in [2.05, 4.69) is 15.1 Å². The molecule has 25 heavy (non-hydrogen) atoms. The Morgan fingerprint density at radius 1 is 1.32 bits per heavy atom. The quantitative estimate of drug-likeness (QED) is 0.514. The number of para-hydroxylation sites is 1. The van der Waals surface area contributed by atoms with E-state index in [1.54, 1.807) is 19.1 Å². The molecule has 0 aliphatic rings. The minimum atomic E-state index is -0.629. The van der Waals surface area contributed by atoms with Crippen molar-refractivity contribution in [2.45, 2.75) is 20.1 Å². The van der Waals surface area contributed by atoms with Crippen LogP contribution in [0.1, 0.15) is 11.7 Å². The molecule has 4 aromatic rings. The second kappa shape index (κ2) is 5.86. The molecule has 0 aliphatic carbocycles. The number of benzene rings is 1. The van der Waals surface area contributed by atoms with Gasteiger partial charge in [-0.25, -0.2) is 4.98 Å². The lowest BCUT2D eigenvalue weighted by Gasteiger charge is -2.04. The highest BCUT2D eigenvalue weighted by molar-refractivity contribution is 6.01. The molecule has 0 fully saturated rings. The summed E-state index contributed by atoms with van der Waals surface area (Å²) < 4.78 is 16.6. The molecule has 0 bridgehead atoms. The first-order chi connectivity index (χ1) is 12.1. The number of hydrogen-bond acceptors (Lipinski definition) is 8. The van der Waals surface area contributed by atoms with E-state index in [1.165, 1.54) is 6.33 Å². The van der Waals surface area contributed by atoms with Crippen molar-refractivity contribution in [3.63, 3.8) is 0 Å². The molecular formula is C16H12N4O5. The number of aryl methyl sites for hydroxylation is 1. The number of aromatic nitrogens is 4. The predicted octanol–water partition coefficient (Wildman–Crippen LogP) is 1.58. The zero-order valence-corrected chi connectivity index (χ0v) is 13.1. The van der Waals surface area contributed by atoms with Crippen molar-refractivity contribution in [3.05, 3.63) is 52.7 Å². The lowest BCUT2D eigenvalue weighted by Crippen LogP contribution is -2.25. The van der Waals surface area contributed by atoms with Crippen molar-refractivity contribution in [3.8, 4) is 0 Å². The standard InChI is InChI=1S/C16H12N4O5/c1-9-18-12(25-19-9)7-23-13(21)6-20-8-17-14-10-4-2-3-5-11(10)24-15(14)16(20)22/h2-5,8H,6-7H2,1H3. The van der Waals surface area contributed by atoms with Crippen LogP contribution in [0, 0.1) is 6.92 Å². The lowest BCUT2D eigenvalue weighted by molar-refractivity contribution is -0.146. The molecular weight excluding hydrogens is 328 g/mol. The summed E-state index contributed by atoms with van der Waals surface area (Å²) in [6.45, 7) is 1.20. The van der Waals surface area contributed by atoms with Gasteiger partial charge in [-0.15, -0.1) is 0 Å². The summed E-state index contributed by atoms with van der Waals surface area (Å²) in [6.07, 6.45) is 1.30. The molecule has 1 aromatic carbocycles. The Morgan fingerprint density at radius 3 is 2.96 bits per heavy atom. The normalized spacial score (nSPS) is 11.2. The Morgan fingerprint density at radius 2 is 2.16 bits per heavy atom. The number of rotatable bonds is 4. The van der Waals surface area contributed by atoms with E-state index >= 15 is 0 Å². The van der Waals surface area contributed by atoms with Crippen LogP contribution in [0.25, 0.3) is 22.1 Å². The van der Waals surface area contributed by atoms with Crippen LogP contribution >= 0.6 is 0 Å². The van der Waals surface area contributed by atoms with Crippen molar-refractivity contribution in [2.75, 3.05) is 0 Å². The molecule has 9 nitrogen and oxygen atoms in total. The Labute approximate surface area is 139 Å². The van der Waals surface area contributed by atoms with Gasteiger partial charge in [-0.2, -0.15) is 4.98 Å². The Bertz CT molecular complexity index is 1140. The SMILES string of the molecule is Cc1noc(COC(=O)Cn2cnc3c(oc4ccccc43)c2=O)n1. The van der Waals surface area contributed by atoms with E-state index < -0.39 is 11.5 Å². The fourth-order valence-corrected chi connectivity index (χ4v) is 2.45. The first kappa shape index (κ1) is 15.1. The van der Waals surface area contributed by atoms with Gasteiger partial charge in [-0.1, -0.05) is 17.3 Å². The van der Waals surface area contributed by atoms with Gasteiger partial charge in [0.15, 0.2) is 12.4 Å². The van der Waals surface area contributed by atoms with Crippen LogP contribution in [0.15, 0.2) is 44.3 Å². The summed E-state index contributed by atoms with van der Waals surface area (Å²) in [7, 11) is 0. The Kier molecular flexibility index (Phi) is 3.53. The molecule has 3 heterocycles. The number of fused-ring (bicyclic) bond motifs is 3. The van der Waals surface area contributed by atoms with Gasteiger partial charge >= 0.3 is 5.97 Å². The topological polar surface area (TPSA) is 113 Å². The third-order valence-corrected chi connectivity index (χ3v) is 3.58. The van der Waals surface area contributed by atoms with Crippen LogP contribution in [-0.2, 0) is 22.7 Å². The van der Waals surface area contributed by atoms with E-state index in [4.69, 9.17) is 13.7 Å². The third kappa shape index (κ3) is 2.75. The zero-order chi connectivity index (χ0) is 17.4. The molecule has 0 spiro atoms. The predicted molar refractivity (Wildman–Crippen MR) is 84.6 cm³/mol. The largest absolute Gasteiger partial charge is 0.454 e. The molecule has 126 valence electrons. The van der Waals surface area contributed by atoms with Gasteiger partial charge in [0.05, 0.1) is 6.33 Å². The van der Waals surface area contributed by atoms with Gasteiger partial charge in [0, 0.05) is 5.39 Å². The zero-order valence-electron chi connectivity index (χ0n) is 13.1. The molecule has 0 radical (unpaired) electrons. The van der Waals surface area contributed by atoms with Gasteiger partial charge < -0.3 is 13.7 Å². The summed E-state index contributed by atoms with van der Waals surface area (Å²) in [5.74, 6) is 0.000998. The van der Waals surface area contributed by atoms with Gasteiger partial charge in [0.1, 0.15) is 17.6 Å². The number of nitrogens with zero attached hydrogens (tertiary/aromatic N) is 4. The van der Waals surface area contributed by atoms with Crippen LogP contribution < -0.4 is 5.56 Å². The van der Waals surface area contributed by atoms with Gasteiger partial charge in [0.2, 0.25) is 5.58 Å². The first-order valence-electron chi connectivity index (χ1n) is 7.43. The van der Waals surface area contributed by atoms with E-state index in [0.29, 0.717) is 16.9 Å². The highest BCUT2D eigenvalue weighted by atomic mass is 16.6. The van der Waals surface area contributed by atoms with Crippen LogP contribution in [0.5, 0.6) is 0 Å². The number of carbonyl (C=O) groups excluding carboxylic acids is 1. The minimum absolute atomic E-state index is 0.101. The van der Waals surface area contributed by atoms with Gasteiger partial charge in [-0.3, -0.25) is 14.2 Å². The van der Waals surface area contributed by atoms with Crippen molar-refractivity contribution in [2.24, 2.45) is 0 Å². The van der Waals surface area contributed by atoms with Gasteiger partial charge in [0.25, 0.3) is 11.4 Å². The van der Waals surface area contributed by atoms with Crippen molar-refractivity contribution >= 4 is 28.0 Å². The molecule has 0 amide bonds. The molecule has 0 unspecified atom stereocenters. The van der Waals surface area contributed by atoms with E-state index in [0.717, 1.165) is 9.95 Å². The summed E-state index contributed by atoms with van der Waals surface area (Å²) in [5.41, 5.74) is 0.677. The first-order valence-corrected chi connectivity index (χ1v) is 7.43. The number of esters is 1. The van der Waals surface area contributed by atoms with Crippen molar-refractivity contribution in [1.29, 1.82) is 0 Å². The fourth-order valence-electron chi connectivity index (χ4n) is 2.45. The smallest absolute Gasteiger partial charge is 0.326 e. The molecule has 0 N–H and O–H groups in total. The fraction of sp³-hybridized carbons (Fsp3) is 0.188. The van der Waals surface area contributed by atoms with E-state index in [9.17, 15) is 9.59 Å². The van der Waals surface area contributed by atoms with Crippen LogP contribution in [0.4, 0.5) is 0 Å². The second-order valence-corrected chi connectivity index (χ2v) is 5.35. The highest BCUT2D eigenvalue weighted by Crippen LogP contribution is 2.23. The van der Waals surface area contributed by atoms with Crippen molar-refractivity contribution in [1.82, 2.24) is 19.7 Å². The molecule has 0 saturated heterocycles. The van der Waals surface area contributed by atoms with Gasteiger partial charge in [-0.05, 0) is 19.1 Å². The second-order valence-electron chi connectivity index (χ2n) is 5.35. The number of carbonyl (C=O) groups is 1. The summed E-state index contributed by atoms with van der Waals surface area (Å²) in [4.78, 5) is 32.6. The summed E-state index contributed by atoms with van der Waals surface area (Å²) in [6, 6.07) is 7.21. The summed E-state index contributed by atoms with van der Waals surface area (Å²) in [5, 5.41) is 4.34. The van der Waals surface area contributed by atoms with E-state index in [1.807, 2.05) is 12.1 Å². The third-order valence-electron chi connectivity index (χ3n) is 3.58. The van der Waals surface area contributed by atoms with E-state index in [-0.39, 0.29) is 24.6 Å². The molecule has 9 heteroatoms. The maximum atomic E-state index is 12.5. The van der Waals surface area contributed by atoms with Crippen molar-refractivity contribution < 1.29 is 18.5 Å². The van der Waals surface area contributed by atoms with Crippen LogP contribution in [-0.4, -0.2) is 25.7 Å². The Hall–Kier alpha value is -3.49. The maximum Gasteiger partial charge on any atom is 0.326 e. The molecule has 4 rings (SSSR count). The monoisotopic (exact) mass is 340 g/mol. The minimum Gasteiger partial charge on any atom is -0.454 e. The number of ether oxygens (including phenoxy) is 1. The number of hydrogen-bond donors (Lipinski definition) is 0. The van der Waals surface area contributed by atoms with Crippen LogP contribution in [0.3, 0.4) is 0 Å². The molecule has 0 saturated carbocycles. The molecule has 3 aromatic heterocycles. The van der Waals surface area contributed by atoms with Crippen LogP contribution in [0.2, 0.25) is 0 Å². The maximum absolute atomic E-state index is 12.5. The molecule has 0 aliphatic heterocycles. The number of furan rings is 1. The highest BCUT2D eigenvalue weighted by Gasteiger charge is 2.15. The average molecular weight is 340 g/mol. The lowest BCUT2D eigenvalue weighted by atomic mass is 10.2.